The highest BCUT2D eigenvalue weighted by Gasteiger charge is 2.24. The normalized spacial score (nSPS) is 12.7. The number of esters is 1. The molecule has 0 saturated carbocycles. The lowest BCUT2D eigenvalue weighted by Gasteiger charge is -2.28. The smallest absolute Gasteiger partial charge is 0.306 e. The van der Waals surface area contributed by atoms with Gasteiger partial charge in [0.25, 0.3) is 0 Å². The molecule has 0 radical (unpaired) electrons. The Morgan fingerprint density at radius 2 is 1.67 bits per heavy atom. The van der Waals surface area contributed by atoms with Gasteiger partial charge in [0, 0.05) is 23.5 Å². The summed E-state index contributed by atoms with van der Waals surface area (Å²) in [5.74, 6) is -0.214. The minimum Gasteiger partial charge on any atom is -0.460 e. The summed E-state index contributed by atoms with van der Waals surface area (Å²) in [5, 5.41) is 3.72. The summed E-state index contributed by atoms with van der Waals surface area (Å²) in [5.41, 5.74) is 7.13. The molecule has 0 saturated heterocycles. The van der Waals surface area contributed by atoms with Crippen molar-refractivity contribution >= 4 is 5.97 Å². The fourth-order valence-corrected chi connectivity index (χ4v) is 1.62. The molecule has 0 atom stereocenters. The zero-order valence-corrected chi connectivity index (χ0v) is 14.4. The van der Waals surface area contributed by atoms with Crippen LogP contribution in [0.15, 0.2) is 5.11 Å². The van der Waals surface area contributed by atoms with Crippen molar-refractivity contribution in [2.24, 2.45) is 5.11 Å². The highest BCUT2D eigenvalue weighted by molar-refractivity contribution is 5.69. The van der Waals surface area contributed by atoms with Gasteiger partial charge in [0.15, 0.2) is 0 Å². The lowest BCUT2D eigenvalue weighted by Crippen LogP contribution is -2.30. The van der Waals surface area contributed by atoms with E-state index in [4.69, 9.17) is 15.0 Å². The molecule has 0 spiro atoms. The van der Waals surface area contributed by atoms with Crippen LogP contribution in [0.3, 0.4) is 0 Å². The lowest BCUT2D eigenvalue weighted by atomic mass is 10.0. The van der Waals surface area contributed by atoms with Crippen LogP contribution in [0.25, 0.3) is 10.4 Å². The van der Waals surface area contributed by atoms with Gasteiger partial charge in [-0.2, -0.15) is 0 Å². The molecule has 0 heterocycles. The molecule has 0 fully saturated rings. The molecular formula is C15H29N3O3. The molecule has 6 nitrogen and oxygen atoms in total. The predicted octanol–water partition coefficient (Wildman–Crippen LogP) is 4.38. The largest absolute Gasteiger partial charge is 0.460 e. The fourth-order valence-electron chi connectivity index (χ4n) is 1.62. The van der Waals surface area contributed by atoms with Gasteiger partial charge in [-0.3, -0.25) is 4.79 Å². The molecule has 0 rings (SSSR count). The minimum absolute atomic E-state index is 0.214. The summed E-state index contributed by atoms with van der Waals surface area (Å²) in [6, 6.07) is 0. The number of carbonyl (C=O) groups excluding carboxylic acids is 1. The molecule has 122 valence electrons. The van der Waals surface area contributed by atoms with Gasteiger partial charge in [-0.1, -0.05) is 19.0 Å². The SMILES string of the molecule is CC(C)(CCOC(C)(C)CCC(=O)OC(C)(C)C)N=[N+]=[N-]. The topological polar surface area (TPSA) is 84.3 Å². The molecule has 0 aromatic carbocycles. The van der Waals surface area contributed by atoms with E-state index in [0.717, 1.165) is 0 Å². The van der Waals surface area contributed by atoms with E-state index >= 15 is 0 Å². The van der Waals surface area contributed by atoms with Gasteiger partial charge in [0.05, 0.1) is 5.60 Å². The van der Waals surface area contributed by atoms with Crippen LogP contribution in [-0.2, 0) is 14.3 Å². The third kappa shape index (κ3) is 11.1. The average Bonchev–Trinajstić information content (AvgIpc) is 2.23. The highest BCUT2D eigenvalue weighted by atomic mass is 16.6. The van der Waals surface area contributed by atoms with Crippen LogP contribution in [-0.4, -0.2) is 29.3 Å². The molecule has 21 heavy (non-hydrogen) atoms. The molecule has 6 heteroatoms. The van der Waals surface area contributed by atoms with Crippen LogP contribution in [0.5, 0.6) is 0 Å². The van der Waals surface area contributed by atoms with E-state index in [0.29, 0.717) is 25.9 Å². The molecule has 0 aromatic rings. The standard InChI is InChI=1S/C15H29N3O3/c1-13(2,3)21-12(19)8-9-15(6,7)20-11-10-14(4,5)17-18-16/h8-11H2,1-7H3. The van der Waals surface area contributed by atoms with Crippen molar-refractivity contribution < 1.29 is 14.3 Å². The van der Waals surface area contributed by atoms with E-state index in [1.807, 2.05) is 48.5 Å². The third-order valence-corrected chi connectivity index (χ3v) is 2.87. The molecule has 0 aliphatic carbocycles. The highest BCUT2D eigenvalue weighted by Crippen LogP contribution is 2.21. The summed E-state index contributed by atoms with van der Waals surface area (Å²) in [6.07, 6.45) is 1.54. The molecule has 0 amide bonds. The minimum atomic E-state index is -0.462. The summed E-state index contributed by atoms with van der Waals surface area (Å²) in [7, 11) is 0. The Labute approximate surface area is 127 Å². The number of nitrogens with zero attached hydrogens (tertiary/aromatic N) is 3. The average molecular weight is 299 g/mol. The van der Waals surface area contributed by atoms with E-state index in [-0.39, 0.29) is 5.97 Å². The van der Waals surface area contributed by atoms with Crippen LogP contribution >= 0.6 is 0 Å². The number of ether oxygens (including phenoxy) is 2. The van der Waals surface area contributed by atoms with Crippen LogP contribution in [0.2, 0.25) is 0 Å². The maximum atomic E-state index is 11.7. The van der Waals surface area contributed by atoms with Crippen molar-refractivity contribution in [3.05, 3.63) is 10.4 Å². The van der Waals surface area contributed by atoms with Gasteiger partial charge >= 0.3 is 5.97 Å². The summed E-state index contributed by atoms with van der Waals surface area (Å²) in [6.45, 7) is 13.6. The van der Waals surface area contributed by atoms with Crippen LogP contribution in [0.1, 0.15) is 67.7 Å². The summed E-state index contributed by atoms with van der Waals surface area (Å²) >= 11 is 0. The molecular weight excluding hydrogens is 270 g/mol. The number of carbonyl (C=O) groups is 1. The second-order valence-electron chi connectivity index (χ2n) is 7.45. The summed E-state index contributed by atoms with van der Waals surface area (Å²) < 4.78 is 11.1. The van der Waals surface area contributed by atoms with Crippen LogP contribution in [0.4, 0.5) is 0 Å². The Morgan fingerprint density at radius 3 is 2.14 bits per heavy atom. The monoisotopic (exact) mass is 299 g/mol. The number of hydrogen-bond donors (Lipinski definition) is 0. The van der Waals surface area contributed by atoms with Gasteiger partial charge < -0.3 is 9.47 Å². The Bertz CT molecular complexity index is 391. The van der Waals surface area contributed by atoms with E-state index in [9.17, 15) is 4.79 Å². The molecule has 0 aromatic heterocycles. The maximum Gasteiger partial charge on any atom is 0.306 e. The van der Waals surface area contributed by atoms with Crippen LogP contribution < -0.4 is 0 Å². The van der Waals surface area contributed by atoms with E-state index in [1.54, 1.807) is 0 Å². The van der Waals surface area contributed by atoms with E-state index in [2.05, 4.69) is 10.0 Å². The first-order chi connectivity index (χ1) is 9.37. The van der Waals surface area contributed by atoms with Crippen molar-refractivity contribution in [2.45, 2.75) is 84.5 Å². The van der Waals surface area contributed by atoms with Crippen molar-refractivity contribution in [1.29, 1.82) is 0 Å². The molecule has 0 aliphatic heterocycles. The summed E-state index contributed by atoms with van der Waals surface area (Å²) in [4.78, 5) is 14.5. The fraction of sp³-hybridized carbons (Fsp3) is 0.933. The molecule has 0 N–H and O–H groups in total. The van der Waals surface area contributed by atoms with Crippen molar-refractivity contribution in [3.8, 4) is 0 Å². The van der Waals surface area contributed by atoms with E-state index < -0.39 is 16.7 Å². The van der Waals surface area contributed by atoms with Gasteiger partial charge in [0.1, 0.15) is 5.60 Å². The van der Waals surface area contributed by atoms with Gasteiger partial charge in [-0.05, 0) is 53.0 Å². The Balaban J connectivity index is 4.15. The Hall–Kier alpha value is -1.26. The zero-order chi connectivity index (χ0) is 16.7. The number of hydrogen-bond acceptors (Lipinski definition) is 4. The number of azide groups is 1. The first-order valence-electron chi connectivity index (χ1n) is 7.29. The second-order valence-corrected chi connectivity index (χ2v) is 7.45. The van der Waals surface area contributed by atoms with Gasteiger partial charge in [0.2, 0.25) is 0 Å². The first-order valence-corrected chi connectivity index (χ1v) is 7.29. The maximum absolute atomic E-state index is 11.7. The lowest BCUT2D eigenvalue weighted by molar-refractivity contribution is -0.156. The predicted molar refractivity (Wildman–Crippen MR) is 83.0 cm³/mol. The van der Waals surface area contributed by atoms with E-state index in [1.165, 1.54) is 0 Å². The number of rotatable bonds is 8. The van der Waals surface area contributed by atoms with Crippen molar-refractivity contribution in [3.63, 3.8) is 0 Å². The van der Waals surface area contributed by atoms with Crippen molar-refractivity contribution in [2.75, 3.05) is 6.61 Å². The second kappa shape index (κ2) is 7.66. The van der Waals surface area contributed by atoms with Crippen molar-refractivity contribution in [1.82, 2.24) is 0 Å². The van der Waals surface area contributed by atoms with Crippen LogP contribution in [0, 0.1) is 0 Å². The molecule has 0 unspecified atom stereocenters. The van der Waals surface area contributed by atoms with Gasteiger partial charge in [-0.15, -0.1) is 0 Å². The molecule has 0 bridgehead atoms. The molecule has 0 aliphatic rings. The zero-order valence-electron chi connectivity index (χ0n) is 14.4. The Kier molecular flexibility index (Phi) is 7.20. The van der Waals surface area contributed by atoms with Gasteiger partial charge in [-0.25, -0.2) is 0 Å². The first kappa shape index (κ1) is 19.7. The quantitative estimate of drug-likeness (QED) is 0.288. The Morgan fingerprint density at radius 1 is 1.10 bits per heavy atom. The third-order valence-electron chi connectivity index (χ3n) is 2.87.